The number of ether oxygens (including phenoxy) is 2. The van der Waals surface area contributed by atoms with Gasteiger partial charge in [0.25, 0.3) is 0 Å². The molecule has 1 aromatic rings. The van der Waals surface area contributed by atoms with E-state index in [9.17, 15) is 0 Å². The molecular formula is C15H21BrN2O2. The fourth-order valence-corrected chi connectivity index (χ4v) is 3.53. The summed E-state index contributed by atoms with van der Waals surface area (Å²) in [5.74, 6) is 2.45. The zero-order valence-electron chi connectivity index (χ0n) is 11.8. The number of nitrogens with two attached hydrogens (primary N) is 1. The number of hydrogen-bond acceptors (Lipinski definition) is 4. The van der Waals surface area contributed by atoms with E-state index in [1.54, 1.807) is 0 Å². The predicted molar refractivity (Wildman–Crippen MR) is 82.0 cm³/mol. The summed E-state index contributed by atoms with van der Waals surface area (Å²) < 4.78 is 11.9. The van der Waals surface area contributed by atoms with Crippen LogP contribution in [0.15, 0.2) is 16.6 Å². The highest BCUT2D eigenvalue weighted by Crippen LogP contribution is 2.42. The van der Waals surface area contributed by atoms with Gasteiger partial charge in [-0.2, -0.15) is 0 Å². The molecular weight excluding hydrogens is 320 g/mol. The molecule has 0 aromatic heterocycles. The van der Waals surface area contributed by atoms with E-state index in [0.717, 1.165) is 28.4 Å². The van der Waals surface area contributed by atoms with Crippen LogP contribution in [0.2, 0.25) is 0 Å². The van der Waals surface area contributed by atoms with Gasteiger partial charge in [0.15, 0.2) is 11.5 Å². The molecule has 0 bridgehead atoms. The fourth-order valence-electron chi connectivity index (χ4n) is 2.96. The molecule has 1 aliphatic carbocycles. The number of benzene rings is 1. The lowest BCUT2D eigenvalue weighted by atomic mass is 9.84. The van der Waals surface area contributed by atoms with E-state index in [4.69, 9.17) is 15.2 Å². The van der Waals surface area contributed by atoms with Crippen molar-refractivity contribution >= 4 is 15.9 Å². The average Bonchev–Trinajstić information content (AvgIpc) is 2.83. The molecule has 1 unspecified atom stereocenters. The molecule has 20 heavy (non-hydrogen) atoms. The van der Waals surface area contributed by atoms with Crippen LogP contribution in [0.25, 0.3) is 0 Å². The minimum atomic E-state index is 0.224. The summed E-state index contributed by atoms with van der Waals surface area (Å²) in [6, 6.07) is 4.38. The van der Waals surface area contributed by atoms with Crippen molar-refractivity contribution in [1.82, 2.24) is 4.90 Å². The maximum absolute atomic E-state index is 6.01. The molecule has 0 spiro atoms. The zero-order chi connectivity index (χ0) is 14.1. The van der Waals surface area contributed by atoms with Crippen molar-refractivity contribution in [3.8, 4) is 11.5 Å². The van der Waals surface area contributed by atoms with Crippen LogP contribution in [0.4, 0.5) is 0 Å². The van der Waals surface area contributed by atoms with Gasteiger partial charge in [0.1, 0.15) is 0 Å². The molecule has 2 aliphatic rings. The molecule has 5 heteroatoms. The van der Waals surface area contributed by atoms with Crippen molar-refractivity contribution in [2.75, 3.05) is 26.9 Å². The molecule has 4 nitrogen and oxygen atoms in total. The van der Waals surface area contributed by atoms with Crippen LogP contribution >= 0.6 is 15.9 Å². The van der Waals surface area contributed by atoms with Gasteiger partial charge in [-0.1, -0.05) is 6.42 Å². The molecule has 1 aliphatic heterocycles. The van der Waals surface area contributed by atoms with Crippen molar-refractivity contribution in [3.05, 3.63) is 22.2 Å². The van der Waals surface area contributed by atoms with Crippen molar-refractivity contribution in [2.24, 2.45) is 11.7 Å². The van der Waals surface area contributed by atoms with Crippen LogP contribution < -0.4 is 15.2 Å². The lowest BCUT2D eigenvalue weighted by molar-refractivity contribution is 0.164. The topological polar surface area (TPSA) is 47.7 Å². The largest absolute Gasteiger partial charge is 0.454 e. The highest BCUT2D eigenvalue weighted by Gasteiger charge is 2.26. The van der Waals surface area contributed by atoms with E-state index in [-0.39, 0.29) is 6.04 Å². The highest BCUT2D eigenvalue weighted by molar-refractivity contribution is 9.10. The van der Waals surface area contributed by atoms with Crippen molar-refractivity contribution < 1.29 is 9.47 Å². The third-order valence-corrected chi connectivity index (χ3v) is 4.95. The van der Waals surface area contributed by atoms with Crippen molar-refractivity contribution in [3.63, 3.8) is 0 Å². The standard InChI is InChI=1S/C15H21BrN2O2/c1-18(8-10-3-2-4-10)13(7-17)11-5-12(16)15-14(6-11)19-9-20-15/h5-6,10,13H,2-4,7-9,17H2,1H3. The molecule has 1 heterocycles. The molecule has 3 rings (SSSR count). The quantitative estimate of drug-likeness (QED) is 0.895. The summed E-state index contributed by atoms with van der Waals surface area (Å²) in [5.41, 5.74) is 7.19. The van der Waals surface area contributed by atoms with E-state index in [1.807, 2.05) is 0 Å². The van der Waals surface area contributed by atoms with Crippen LogP contribution in [0.3, 0.4) is 0 Å². The maximum Gasteiger partial charge on any atom is 0.231 e. The number of hydrogen-bond donors (Lipinski definition) is 1. The third kappa shape index (κ3) is 2.67. The summed E-state index contributed by atoms with van der Waals surface area (Å²) in [6.07, 6.45) is 4.08. The van der Waals surface area contributed by atoms with Crippen LogP contribution in [0, 0.1) is 5.92 Å². The first-order valence-corrected chi connectivity index (χ1v) is 7.97. The predicted octanol–water partition coefficient (Wildman–Crippen LogP) is 2.91. The van der Waals surface area contributed by atoms with Crippen LogP contribution in [0.1, 0.15) is 30.9 Å². The van der Waals surface area contributed by atoms with E-state index in [1.165, 1.54) is 24.8 Å². The number of fused-ring (bicyclic) bond motifs is 1. The summed E-state index contributed by atoms with van der Waals surface area (Å²) in [6.45, 7) is 2.02. The summed E-state index contributed by atoms with van der Waals surface area (Å²) in [7, 11) is 2.16. The Kier molecular flexibility index (Phi) is 4.19. The molecule has 0 saturated heterocycles. The van der Waals surface area contributed by atoms with Crippen LogP contribution in [-0.2, 0) is 0 Å². The third-order valence-electron chi connectivity index (χ3n) is 4.36. The molecule has 110 valence electrons. The Bertz CT molecular complexity index is 491. The number of halogens is 1. The second-order valence-electron chi connectivity index (χ2n) is 5.72. The fraction of sp³-hybridized carbons (Fsp3) is 0.600. The summed E-state index contributed by atoms with van der Waals surface area (Å²) in [5, 5.41) is 0. The average molecular weight is 341 g/mol. The minimum absolute atomic E-state index is 0.224. The van der Waals surface area contributed by atoms with Gasteiger partial charge >= 0.3 is 0 Å². The lowest BCUT2D eigenvalue weighted by Gasteiger charge is -2.34. The first-order chi connectivity index (χ1) is 9.69. The van der Waals surface area contributed by atoms with E-state index in [2.05, 4.69) is 40.0 Å². The summed E-state index contributed by atoms with van der Waals surface area (Å²) in [4.78, 5) is 2.37. The number of rotatable bonds is 5. The van der Waals surface area contributed by atoms with Crippen molar-refractivity contribution in [1.29, 1.82) is 0 Å². The van der Waals surface area contributed by atoms with Gasteiger partial charge in [-0.15, -0.1) is 0 Å². The number of likely N-dealkylation sites (N-methyl/N-ethyl adjacent to an activating group) is 1. The minimum Gasteiger partial charge on any atom is -0.454 e. The normalized spacial score (nSPS) is 19.2. The molecule has 1 saturated carbocycles. The monoisotopic (exact) mass is 340 g/mol. The second kappa shape index (κ2) is 5.92. The molecule has 0 radical (unpaired) electrons. The molecule has 1 atom stereocenters. The Morgan fingerprint density at radius 2 is 2.20 bits per heavy atom. The van der Waals surface area contributed by atoms with Gasteiger partial charge in [-0.05, 0) is 59.4 Å². The maximum atomic E-state index is 6.01. The van der Waals surface area contributed by atoms with Crippen LogP contribution in [0.5, 0.6) is 11.5 Å². The lowest BCUT2D eigenvalue weighted by Crippen LogP contribution is -2.36. The zero-order valence-corrected chi connectivity index (χ0v) is 13.4. The Morgan fingerprint density at radius 1 is 1.40 bits per heavy atom. The first kappa shape index (κ1) is 14.2. The highest BCUT2D eigenvalue weighted by atomic mass is 79.9. The Hall–Kier alpha value is -0.780. The van der Waals surface area contributed by atoms with E-state index >= 15 is 0 Å². The van der Waals surface area contributed by atoms with E-state index < -0.39 is 0 Å². The Morgan fingerprint density at radius 3 is 2.85 bits per heavy atom. The molecule has 0 amide bonds. The molecule has 1 fully saturated rings. The van der Waals surface area contributed by atoms with Crippen LogP contribution in [-0.4, -0.2) is 31.8 Å². The second-order valence-corrected chi connectivity index (χ2v) is 6.58. The number of nitrogens with zero attached hydrogens (tertiary/aromatic N) is 1. The van der Waals surface area contributed by atoms with Gasteiger partial charge in [0, 0.05) is 19.1 Å². The smallest absolute Gasteiger partial charge is 0.231 e. The Balaban J connectivity index is 1.79. The molecule has 1 aromatic carbocycles. The van der Waals surface area contributed by atoms with E-state index in [0.29, 0.717) is 13.3 Å². The van der Waals surface area contributed by atoms with Gasteiger partial charge in [-0.3, -0.25) is 4.90 Å². The van der Waals surface area contributed by atoms with Crippen molar-refractivity contribution in [2.45, 2.75) is 25.3 Å². The molecule has 2 N–H and O–H groups in total. The van der Waals surface area contributed by atoms with Gasteiger partial charge in [0.05, 0.1) is 4.47 Å². The SMILES string of the molecule is CN(CC1CCC1)C(CN)c1cc(Br)c2c(c1)OCO2. The van der Waals surface area contributed by atoms with Gasteiger partial charge in [-0.25, -0.2) is 0 Å². The van der Waals surface area contributed by atoms with Gasteiger partial charge < -0.3 is 15.2 Å². The summed E-state index contributed by atoms with van der Waals surface area (Å²) >= 11 is 3.56. The Labute approximate surface area is 128 Å². The van der Waals surface area contributed by atoms with Gasteiger partial charge in [0.2, 0.25) is 6.79 Å². The first-order valence-electron chi connectivity index (χ1n) is 7.18.